The fourth-order valence-corrected chi connectivity index (χ4v) is 4.21. The highest BCUT2D eigenvalue weighted by Gasteiger charge is 2.26. The SMILES string of the molecule is CCCN(CCC)C1CCc2cccc(NC(=O)C(=O)OCc3ccccc3)c2C1. The van der Waals surface area contributed by atoms with Crippen LogP contribution in [0.4, 0.5) is 5.69 Å². The van der Waals surface area contributed by atoms with Crippen LogP contribution in [0.5, 0.6) is 0 Å². The van der Waals surface area contributed by atoms with Gasteiger partial charge in [0.15, 0.2) is 0 Å². The zero-order chi connectivity index (χ0) is 21.3. The van der Waals surface area contributed by atoms with Crippen molar-refractivity contribution in [3.05, 3.63) is 65.2 Å². The maximum atomic E-state index is 12.4. The van der Waals surface area contributed by atoms with Gasteiger partial charge in [-0.15, -0.1) is 0 Å². The van der Waals surface area contributed by atoms with Crippen molar-refractivity contribution >= 4 is 17.6 Å². The maximum absolute atomic E-state index is 12.4. The average Bonchev–Trinajstić information content (AvgIpc) is 2.78. The number of ether oxygens (including phenoxy) is 1. The highest BCUT2D eigenvalue weighted by Crippen LogP contribution is 2.30. The molecule has 30 heavy (non-hydrogen) atoms. The Morgan fingerprint density at radius 3 is 2.47 bits per heavy atom. The van der Waals surface area contributed by atoms with Crippen LogP contribution in [0.3, 0.4) is 0 Å². The minimum Gasteiger partial charge on any atom is -0.454 e. The second-order valence-electron chi connectivity index (χ2n) is 7.89. The Bertz CT molecular complexity index is 845. The summed E-state index contributed by atoms with van der Waals surface area (Å²) in [5.74, 6) is -1.58. The number of carbonyl (C=O) groups excluding carboxylic acids is 2. The molecule has 0 spiro atoms. The van der Waals surface area contributed by atoms with E-state index in [9.17, 15) is 9.59 Å². The van der Waals surface area contributed by atoms with Crippen molar-refractivity contribution in [2.75, 3.05) is 18.4 Å². The number of benzene rings is 2. The van der Waals surface area contributed by atoms with Crippen LogP contribution < -0.4 is 5.32 Å². The minimum atomic E-state index is -0.859. The van der Waals surface area contributed by atoms with Crippen molar-refractivity contribution < 1.29 is 14.3 Å². The van der Waals surface area contributed by atoms with Gasteiger partial charge in [0.1, 0.15) is 6.61 Å². The number of amides is 1. The van der Waals surface area contributed by atoms with Gasteiger partial charge in [-0.05, 0) is 68.0 Å². The second-order valence-corrected chi connectivity index (χ2v) is 7.89. The van der Waals surface area contributed by atoms with E-state index in [0.29, 0.717) is 6.04 Å². The molecule has 1 aliphatic rings. The third-order valence-corrected chi connectivity index (χ3v) is 5.64. The molecular formula is C25H32N2O3. The summed E-state index contributed by atoms with van der Waals surface area (Å²) < 4.78 is 5.17. The highest BCUT2D eigenvalue weighted by atomic mass is 16.5. The van der Waals surface area contributed by atoms with E-state index in [-0.39, 0.29) is 6.61 Å². The Balaban J connectivity index is 1.66. The maximum Gasteiger partial charge on any atom is 0.397 e. The Hall–Kier alpha value is -2.66. The molecule has 1 aliphatic carbocycles. The first-order valence-electron chi connectivity index (χ1n) is 11.0. The van der Waals surface area contributed by atoms with E-state index < -0.39 is 11.9 Å². The Kier molecular flexibility index (Phi) is 8.03. The molecule has 0 radical (unpaired) electrons. The number of anilines is 1. The Morgan fingerprint density at radius 2 is 1.77 bits per heavy atom. The van der Waals surface area contributed by atoms with Gasteiger partial charge in [0.25, 0.3) is 0 Å². The van der Waals surface area contributed by atoms with Crippen LogP contribution >= 0.6 is 0 Å². The standard InChI is InChI=1S/C25H32N2O3/c1-3-15-27(16-4-2)21-14-13-20-11-8-12-23(22(20)17-21)26-24(28)25(29)30-18-19-9-6-5-7-10-19/h5-12,21H,3-4,13-18H2,1-2H3,(H,26,28). The summed E-state index contributed by atoms with van der Waals surface area (Å²) in [5, 5.41) is 2.80. The number of aryl methyl sites for hydroxylation is 1. The Labute approximate surface area is 179 Å². The molecular weight excluding hydrogens is 376 g/mol. The van der Waals surface area contributed by atoms with E-state index in [1.165, 1.54) is 5.56 Å². The number of nitrogens with zero attached hydrogens (tertiary/aromatic N) is 1. The van der Waals surface area contributed by atoms with E-state index in [2.05, 4.69) is 30.1 Å². The van der Waals surface area contributed by atoms with Gasteiger partial charge >= 0.3 is 11.9 Å². The van der Waals surface area contributed by atoms with Gasteiger partial charge in [-0.3, -0.25) is 4.79 Å². The first-order chi connectivity index (χ1) is 14.6. The van der Waals surface area contributed by atoms with E-state index in [1.807, 2.05) is 42.5 Å². The number of hydrogen-bond acceptors (Lipinski definition) is 4. The molecule has 0 aliphatic heterocycles. The summed E-state index contributed by atoms with van der Waals surface area (Å²) >= 11 is 0. The van der Waals surface area contributed by atoms with Gasteiger partial charge in [-0.1, -0.05) is 56.3 Å². The molecule has 0 saturated heterocycles. The summed E-state index contributed by atoms with van der Waals surface area (Å²) in [4.78, 5) is 27.2. The molecule has 1 amide bonds. The number of fused-ring (bicyclic) bond motifs is 1. The van der Waals surface area contributed by atoms with E-state index >= 15 is 0 Å². The molecule has 1 N–H and O–H groups in total. The average molecular weight is 409 g/mol. The van der Waals surface area contributed by atoms with E-state index in [0.717, 1.165) is 62.0 Å². The predicted octanol–water partition coefficient (Wildman–Crippen LogP) is 4.35. The molecule has 5 heteroatoms. The number of esters is 1. The van der Waals surface area contributed by atoms with Crippen molar-refractivity contribution in [3.63, 3.8) is 0 Å². The van der Waals surface area contributed by atoms with Gasteiger partial charge in [0, 0.05) is 11.7 Å². The lowest BCUT2D eigenvalue weighted by Gasteiger charge is -2.35. The molecule has 0 aromatic heterocycles. The number of nitrogens with one attached hydrogen (secondary N) is 1. The summed E-state index contributed by atoms with van der Waals surface area (Å²) in [6.45, 7) is 6.70. The van der Waals surface area contributed by atoms with Crippen LogP contribution in [0, 0.1) is 0 Å². The first-order valence-corrected chi connectivity index (χ1v) is 11.0. The Morgan fingerprint density at radius 1 is 1.03 bits per heavy atom. The smallest absolute Gasteiger partial charge is 0.397 e. The second kappa shape index (κ2) is 10.9. The molecule has 0 fully saturated rings. The van der Waals surface area contributed by atoms with Crippen molar-refractivity contribution in [3.8, 4) is 0 Å². The van der Waals surface area contributed by atoms with Gasteiger partial charge in [0.2, 0.25) is 0 Å². The van der Waals surface area contributed by atoms with Crippen LogP contribution in [0.15, 0.2) is 48.5 Å². The van der Waals surface area contributed by atoms with E-state index in [4.69, 9.17) is 4.74 Å². The molecule has 0 saturated carbocycles. The molecule has 3 rings (SSSR count). The first kappa shape index (κ1) is 22.0. The molecule has 0 heterocycles. The molecule has 160 valence electrons. The van der Waals surface area contributed by atoms with Crippen LogP contribution in [-0.4, -0.2) is 35.9 Å². The molecule has 1 atom stereocenters. The van der Waals surface area contributed by atoms with Gasteiger partial charge in [-0.25, -0.2) is 4.79 Å². The lowest BCUT2D eigenvalue weighted by Crippen LogP contribution is -2.40. The molecule has 0 bridgehead atoms. The third kappa shape index (κ3) is 5.70. The summed E-state index contributed by atoms with van der Waals surface area (Å²) in [6.07, 6.45) is 5.28. The molecule has 2 aromatic carbocycles. The predicted molar refractivity (Wildman–Crippen MR) is 119 cm³/mol. The monoisotopic (exact) mass is 408 g/mol. The van der Waals surface area contributed by atoms with E-state index in [1.54, 1.807) is 0 Å². The van der Waals surface area contributed by atoms with Gasteiger partial charge in [-0.2, -0.15) is 0 Å². The molecule has 1 unspecified atom stereocenters. The number of carbonyl (C=O) groups is 2. The lowest BCUT2D eigenvalue weighted by molar-refractivity contribution is -0.153. The van der Waals surface area contributed by atoms with Crippen LogP contribution in [-0.2, 0) is 33.8 Å². The van der Waals surface area contributed by atoms with Crippen molar-refractivity contribution in [1.29, 1.82) is 0 Å². The zero-order valence-corrected chi connectivity index (χ0v) is 18.0. The highest BCUT2D eigenvalue weighted by molar-refractivity contribution is 6.37. The van der Waals surface area contributed by atoms with Crippen LogP contribution in [0.25, 0.3) is 0 Å². The summed E-state index contributed by atoms with van der Waals surface area (Å²) in [5.41, 5.74) is 3.99. The van der Waals surface area contributed by atoms with Crippen LogP contribution in [0.2, 0.25) is 0 Å². The third-order valence-electron chi connectivity index (χ3n) is 5.64. The number of hydrogen-bond donors (Lipinski definition) is 1. The quantitative estimate of drug-likeness (QED) is 0.521. The normalized spacial score (nSPS) is 15.5. The fraction of sp³-hybridized carbons (Fsp3) is 0.440. The largest absolute Gasteiger partial charge is 0.454 e. The van der Waals surface area contributed by atoms with Gasteiger partial charge < -0.3 is 15.0 Å². The lowest BCUT2D eigenvalue weighted by atomic mass is 9.86. The number of rotatable bonds is 8. The van der Waals surface area contributed by atoms with Crippen molar-refractivity contribution in [1.82, 2.24) is 4.90 Å². The fourth-order valence-electron chi connectivity index (χ4n) is 4.21. The van der Waals surface area contributed by atoms with Crippen molar-refractivity contribution in [2.24, 2.45) is 0 Å². The van der Waals surface area contributed by atoms with Crippen molar-refractivity contribution in [2.45, 2.75) is 58.6 Å². The zero-order valence-electron chi connectivity index (χ0n) is 18.0. The minimum absolute atomic E-state index is 0.0884. The summed E-state index contributed by atoms with van der Waals surface area (Å²) in [6, 6.07) is 15.8. The van der Waals surface area contributed by atoms with Gasteiger partial charge in [0.05, 0.1) is 0 Å². The summed E-state index contributed by atoms with van der Waals surface area (Å²) in [7, 11) is 0. The molecule has 5 nitrogen and oxygen atoms in total. The van der Waals surface area contributed by atoms with Crippen LogP contribution in [0.1, 0.15) is 49.8 Å². The molecule has 2 aromatic rings. The topological polar surface area (TPSA) is 58.6 Å².